The van der Waals surface area contributed by atoms with E-state index in [4.69, 9.17) is 9.52 Å². The first-order chi connectivity index (χ1) is 9.49. The summed E-state index contributed by atoms with van der Waals surface area (Å²) in [6, 6.07) is 5.56. The van der Waals surface area contributed by atoms with Crippen LogP contribution in [0.15, 0.2) is 34.9 Å². The van der Waals surface area contributed by atoms with Gasteiger partial charge in [-0.1, -0.05) is 0 Å². The van der Waals surface area contributed by atoms with Crippen molar-refractivity contribution in [1.29, 1.82) is 0 Å². The summed E-state index contributed by atoms with van der Waals surface area (Å²) in [6.45, 7) is 1.78. The van der Waals surface area contributed by atoms with Crippen molar-refractivity contribution in [1.82, 2.24) is 0 Å². The lowest BCUT2D eigenvalue weighted by Crippen LogP contribution is -2.19. The average Bonchev–Trinajstić information content (AvgIpc) is 2.87. The van der Waals surface area contributed by atoms with Gasteiger partial charge < -0.3 is 14.8 Å². The maximum Gasteiger partial charge on any atom is 0.338 e. The third kappa shape index (κ3) is 2.96. The Kier molecular flexibility index (Phi) is 4.02. The van der Waals surface area contributed by atoms with E-state index >= 15 is 0 Å². The van der Waals surface area contributed by atoms with Gasteiger partial charge in [0.1, 0.15) is 5.76 Å². The molecule has 1 heterocycles. The first-order valence-corrected chi connectivity index (χ1v) is 5.99. The molecule has 0 radical (unpaired) electrons. The molecule has 0 spiro atoms. The fraction of sp³-hybridized carbons (Fsp3) is 0.214. The zero-order chi connectivity index (χ0) is 14.7. The molecular formula is C14H13F2NO3. The molecule has 6 heteroatoms. The van der Waals surface area contributed by atoms with E-state index in [1.807, 2.05) is 0 Å². The van der Waals surface area contributed by atoms with Gasteiger partial charge >= 0.3 is 5.97 Å². The molecule has 0 bridgehead atoms. The Hall–Kier alpha value is -2.37. The minimum atomic E-state index is -1.50. The highest BCUT2D eigenvalue weighted by Crippen LogP contribution is 2.22. The Morgan fingerprint density at radius 1 is 1.35 bits per heavy atom. The Morgan fingerprint density at radius 2 is 2.10 bits per heavy atom. The topological polar surface area (TPSA) is 62.5 Å². The molecule has 2 aromatic rings. The lowest BCUT2D eigenvalue weighted by molar-refractivity contribution is 0.0690. The highest BCUT2D eigenvalue weighted by molar-refractivity contribution is 5.88. The second-order valence-electron chi connectivity index (χ2n) is 4.42. The van der Waals surface area contributed by atoms with Crippen molar-refractivity contribution in [2.75, 3.05) is 5.32 Å². The summed E-state index contributed by atoms with van der Waals surface area (Å²) in [5, 5.41) is 11.5. The van der Waals surface area contributed by atoms with Crippen LogP contribution in [0.1, 0.15) is 23.0 Å². The van der Waals surface area contributed by atoms with Crippen molar-refractivity contribution in [3.8, 4) is 0 Å². The summed E-state index contributed by atoms with van der Waals surface area (Å²) >= 11 is 0. The highest BCUT2D eigenvalue weighted by atomic mass is 19.2. The van der Waals surface area contributed by atoms with E-state index in [-0.39, 0.29) is 11.7 Å². The smallest absolute Gasteiger partial charge is 0.338 e. The number of anilines is 1. The third-order valence-corrected chi connectivity index (χ3v) is 2.80. The van der Waals surface area contributed by atoms with Crippen molar-refractivity contribution >= 4 is 11.7 Å². The normalized spacial score (nSPS) is 12.2. The van der Waals surface area contributed by atoms with Crippen LogP contribution in [0.2, 0.25) is 0 Å². The molecule has 2 N–H and O–H groups in total. The highest BCUT2D eigenvalue weighted by Gasteiger charge is 2.19. The lowest BCUT2D eigenvalue weighted by Gasteiger charge is -2.15. The van der Waals surface area contributed by atoms with Gasteiger partial charge in [-0.2, -0.15) is 0 Å². The van der Waals surface area contributed by atoms with E-state index in [1.165, 1.54) is 12.3 Å². The first-order valence-electron chi connectivity index (χ1n) is 5.99. The number of halogens is 2. The molecule has 0 saturated heterocycles. The molecule has 0 fully saturated rings. The van der Waals surface area contributed by atoms with Crippen molar-refractivity contribution in [2.45, 2.75) is 19.4 Å². The zero-order valence-electron chi connectivity index (χ0n) is 10.7. The molecule has 2 rings (SSSR count). The predicted octanol–water partition coefficient (Wildman–Crippen LogP) is 3.30. The summed E-state index contributed by atoms with van der Waals surface area (Å²) in [5.74, 6) is -3.35. The van der Waals surface area contributed by atoms with Gasteiger partial charge in [-0.3, -0.25) is 0 Å². The maximum absolute atomic E-state index is 13.7. The van der Waals surface area contributed by atoms with Crippen molar-refractivity contribution in [3.05, 3.63) is 53.5 Å². The van der Waals surface area contributed by atoms with E-state index < -0.39 is 23.2 Å². The van der Waals surface area contributed by atoms with Crippen LogP contribution in [-0.2, 0) is 6.42 Å². The van der Waals surface area contributed by atoms with Crippen LogP contribution in [0.5, 0.6) is 0 Å². The predicted molar refractivity (Wildman–Crippen MR) is 68.8 cm³/mol. The molecule has 4 nitrogen and oxygen atoms in total. The van der Waals surface area contributed by atoms with Crippen LogP contribution in [0.25, 0.3) is 0 Å². The molecule has 0 aliphatic heterocycles. The van der Waals surface area contributed by atoms with Gasteiger partial charge in [-0.05, 0) is 31.2 Å². The monoisotopic (exact) mass is 281 g/mol. The summed E-state index contributed by atoms with van der Waals surface area (Å²) in [7, 11) is 0. The molecule has 0 amide bonds. The second kappa shape index (κ2) is 5.73. The van der Waals surface area contributed by atoms with Gasteiger partial charge in [0, 0.05) is 12.5 Å². The molecule has 0 aliphatic rings. The Bertz CT molecular complexity index is 611. The van der Waals surface area contributed by atoms with Crippen LogP contribution in [0.4, 0.5) is 14.5 Å². The second-order valence-corrected chi connectivity index (χ2v) is 4.42. The zero-order valence-corrected chi connectivity index (χ0v) is 10.7. The van der Waals surface area contributed by atoms with Gasteiger partial charge in [0.25, 0.3) is 0 Å². The molecule has 1 unspecified atom stereocenters. The number of carboxylic acid groups (broad SMARTS) is 1. The number of hydrogen-bond donors (Lipinski definition) is 2. The van der Waals surface area contributed by atoms with Gasteiger partial charge in [0.15, 0.2) is 11.6 Å². The lowest BCUT2D eigenvalue weighted by atomic mass is 10.1. The van der Waals surface area contributed by atoms with E-state index in [2.05, 4.69) is 5.32 Å². The summed E-state index contributed by atoms with van der Waals surface area (Å²) in [6.07, 6.45) is 2.03. The number of furan rings is 1. The minimum absolute atomic E-state index is 0.0773. The molecule has 1 aromatic heterocycles. The molecule has 0 saturated carbocycles. The van der Waals surface area contributed by atoms with Gasteiger partial charge in [0.2, 0.25) is 0 Å². The largest absolute Gasteiger partial charge is 0.478 e. The van der Waals surface area contributed by atoms with Crippen molar-refractivity contribution in [2.24, 2.45) is 0 Å². The van der Waals surface area contributed by atoms with Crippen LogP contribution in [0.3, 0.4) is 0 Å². The van der Waals surface area contributed by atoms with E-state index in [0.717, 1.165) is 6.07 Å². The minimum Gasteiger partial charge on any atom is -0.478 e. The molecule has 1 atom stereocenters. The number of carbonyl (C=O) groups is 1. The van der Waals surface area contributed by atoms with Crippen molar-refractivity contribution in [3.63, 3.8) is 0 Å². The fourth-order valence-corrected chi connectivity index (χ4v) is 1.87. The third-order valence-electron chi connectivity index (χ3n) is 2.80. The maximum atomic E-state index is 13.7. The van der Waals surface area contributed by atoms with Gasteiger partial charge in [-0.25, -0.2) is 13.6 Å². The van der Waals surface area contributed by atoms with Crippen LogP contribution in [-0.4, -0.2) is 17.1 Å². The number of hydrogen-bond acceptors (Lipinski definition) is 3. The molecule has 106 valence electrons. The number of aromatic carboxylic acids is 1. The standard InChI is InChI=1S/C14H13F2NO3/c1-8(7-9-3-2-6-20-9)17-11-5-4-10(14(18)19)12(15)13(11)16/h2-6,8,17H,7H2,1H3,(H,18,19). The summed E-state index contributed by atoms with van der Waals surface area (Å²) in [5.41, 5.74) is -0.765. The molecular weight excluding hydrogens is 268 g/mol. The Balaban J connectivity index is 2.13. The van der Waals surface area contributed by atoms with E-state index in [1.54, 1.807) is 19.1 Å². The number of rotatable bonds is 5. The first kappa shape index (κ1) is 14.0. The van der Waals surface area contributed by atoms with E-state index in [9.17, 15) is 13.6 Å². The Labute approximate surface area is 114 Å². The fourth-order valence-electron chi connectivity index (χ4n) is 1.87. The average molecular weight is 281 g/mol. The van der Waals surface area contributed by atoms with Crippen LogP contribution >= 0.6 is 0 Å². The molecule has 1 aromatic carbocycles. The number of nitrogens with one attached hydrogen (secondary N) is 1. The van der Waals surface area contributed by atoms with Crippen LogP contribution in [0, 0.1) is 11.6 Å². The van der Waals surface area contributed by atoms with Gasteiger partial charge in [0.05, 0.1) is 17.5 Å². The van der Waals surface area contributed by atoms with Gasteiger partial charge in [-0.15, -0.1) is 0 Å². The van der Waals surface area contributed by atoms with Crippen molar-refractivity contribution < 1.29 is 23.1 Å². The molecule has 20 heavy (non-hydrogen) atoms. The quantitative estimate of drug-likeness (QED) is 0.882. The summed E-state index contributed by atoms with van der Waals surface area (Å²) in [4.78, 5) is 10.7. The SMILES string of the molecule is CC(Cc1ccco1)Nc1ccc(C(=O)O)c(F)c1F. The summed E-state index contributed by atoms with van der Waals surface area (Å²) < 4.78 is 32.4. The number of benzene rings is 1. The molecule has 0 aliphatic carbocycles. The number of carboxylic acids is 1. The van der Waals surface area contributed by atoms with E-state index in [0.29, 0.717) is 12.2 Å². The Morgan fingerprint density at radius 3 is 2.70 bits per heavy atom. The van der Waals surface area contributed by atoms with Crippen LogP contribution < -0.4 is 5.32 Å².